The van der Waals surface area contributed by atoms with Crippen LogP contribution in [0, 0.1) is 11.8 Å². The van der Waals surface area contributed by atoms with Crippen molar-refractivity contribution in [3.8, 4) is 0 Å². The molecule has 3 unspecified atom stereocenters. The van der Waals surface area contributed by atoms with E-state index in [1.54, 1.807) is 6.07 Å². The van der Waals surface area contributed by atoms with Gasteiger partial charge in [0.05, 0.1) is 27.9 Å². The number of hydrogen-bond acceptors (Lipinski definition) is 5. The van der Waals surface area contributed by atoms with Gasteiger partial charge in [0.15, 0.2) is 0 Å². The zero-order valence-electron chi connectivity index (χ0n) is 22.1. The standard InChI is InChI=1S/C30H35ClN4O4/c31-24-5-1-4-22(17-6-7-17)26(24)29(37)35-25-15-20(28(36)34-14-2-3-21(34)16-32)12-13-23(25)27(33-35)18-8-10-19(11-9-18)30(38)39/h1,4-5,8,17,19-21H,2-3,6-7,9-16,32H2,(H,38,39). The summed E-state index contributed by atoms with van der Waals surface area (Å²) in [7, 11) is 0. The number of carbonyl (C=O) groups is 3. The predicted molar refractivity (Wildman–Crippen MR) is 148 cm³/mol. The van der Waals surface area contributed by atoms with E-state index in [0.29, 0.717) is 61.6 Å². The summed E-state index contributed by atoms with van der Waals surface area (Å²) in [5, 5.41) is 14.8. The van der Waals surface area contributed by atoms with Gasteiger partial charge in [0.2, 0.25) is 5.91 Å². The summed E-state index contributed by atoms with van der Waals surface area (Å²) in [6, 6.07) is 5.71. The lowest BCUT2D eigenvalue weighted by Gasteiger charge is -2.30. The van der Waals surface area contributed by atoms with Crippen molar-refractivity contribution in [1.29, 1.82) is 0 Å². The molecular weight excluding hydrogens is 516 g/mol. The smallest absolute Gasteiger partial charge is 0.306 e. The number of allylic oxidation sites excluding steroid dienone is 2. The fourth-order valence-electron chi connectivity index (χ4n) is 6.73. The number of aromatic nitrogens is 2. The summed E-state index contributed by atoms with van der Waals surface area (Å²) in [6.45, 7) is 1.20. The Morgan fingerprint density at radius 2 is 1.87 bits per heavy atom. The van der Waals surface area contributed by atoms with Crippen molar-refractivity contribution in [2.24, 2.45) is 17.6 Å². The number of fused-ring (bicyclic) bond motifs is 1. The van der Waals surface area contributed by atoms with Gasteiger partial charge in [0, 0.05) is 37.0 Å². The van der Waals surface area contributed by atoms with E-state index in [0.717, 1.165) is 60.3 Å². The number of aliphatic carboxylic acids is 1. The van der Waals surface area contributed by atoms with Gasteiger partial charge in [-0.25, -0.2) is 0 Å². The van der Waals surface area contributed by atoms with Gasteiger partial charge in [0.1, 0.15) is 0 Å². The van der Waals surface area contributed by atoms with E-state index in [-0.39, 0.29) is 23.8 Å². The molecule has 8 nitrogen and oxygen atoms in total. The molecule has 2 fully saturated rings. The van der Waals surface area contributed by atoms with Crippen LogP contribution >= 0.6 is 11.6 Å². The van der Waals surface area contributed by atoms with Crippen molar-refractivity contribution in [3.63, 3.8) is 0 Å². The lowest BCUT2D eigenvalue weighted by Crippen LogP contribution is -2.44. The van der Waals surface area contributed by atoms with Gasteiger partial charge in [0.25, 0.3) is 5.91 Å². The number of carboxylic acids is 1. The zero-order valence-corrected chi connectivity index (χ0v) is 22.8. The summed E-state index contributed by atoms with van der Waals surface area (Å²) in [6.07, 6.45) is 9.32. The number of benzene rings is 1. The first-order valence-electron chi connectivity index (χ1n) is 14.2. The maximum absolute atomic E-state index is 14.2. The molecule has 6 rings (SSSR count). The fraction of sp³-hybridized carbons (Fsp3) is 0.533. The molecule has 1 aromatic heterocycles. The second-order valence-electron chi connectivity index (χ2n) is 11.5. The van der Waals surface area contributed by atoms with Crippen LogP contribution in [0.3, 0.4) is 0 Å². The highest BCUT2D eigenvalue weighted by Crippen LogP contribution is 2.44. The van der Waals surface area contributed by atoms with Crippen LogP contribution in [-0.4, -0.2) is 56.7 Å². The second kappa shape index (κ2) is 10.5. The summed E-state index contributed by atoms with van der Waals surface area (Å²) in [5.74, 6) is -1.20. The molecule has 3 N–H and O–H groups in total. The number of rotatable bonds is 6. The minimum Gasteiger partial charge on any atom is -0.481 e. The van der Waals surface area contributed by atoms with E-state index < -0.39 is 11.9 Å². The highest BCUT2D eigenvalue weighted by atomic mass is 35.5. The molecular formula is C30H35ClN4O4. The van der Waals surface area contributed by atoms with Gasteiger partial charge in [-0.3, -0.25) is 14.4 Å². The Bertz CT molecular complexity index is 1360. The van der Waals surface area contributed by atoms with Crippen LogP contribution in [0.5, 0.6) is 0 Å². The maximum Gasteiger partial charge on any atom is 0.306 e. The number of amides is 1. The Morgan fingerprint density at radius 1 is 1.08 bits per heavy atom. The molecule has 206 valence electrons. The summed E-state index contributed by atoms with van der Waals surface area (Å²) in [5.41, 5.74) is 11.0. The number of nitrogens with two attached hydrogens (primary N) is 1. The summed E-state index contributed by atoms with van der Waals surface area (Å²) < 4.78 is 1.51. The summed E-state index contributed by atoms with van der Waals surface area (Å²) >= 11 is 6.63. The first-order valence-corrected chi connectivity index (χ1v) is 14.6. The minimum atomic E-state index is -0.779. The van der Waals surface area contributed by atoms with Crippen molar-refractivity contribution >= 4 is 35.0 Å². The number of nitrogens with zero attached hydrogens (tertiary/aromatic N) is 3. The monoisotopic (exact) mass is 550 g/mol. The number of hydrogen-bond donors (Lipinski definition) is 2. The lowest BCUT2D eigenvalue weighted by molar-refractivity contribution is -0.142. The van der Waals surface area contributed by atoms with Crippen LogP contribution in [0.25, 0.3) is 5.57 Å². The molecule has 0 spiro atoms. The van der Waals surface area contributed by atoms with Gasteiger partial charge in [-0.15, -0.1) is 0 Å². The van der Waals surface area contributed by atoms with Gasteiger partial charge in [-0.2, -0.15) is 9.78 Å². The van der Waals surface area contributed by atoms with Crippen LogP contribution in [0.2, 0.25) is 5.02 Å². The Balaban J connectivity index is 1.39. The molecule has 0 radical (unpaired) electrons. The maximum atomic E-state index is 14.2. The van der Waals surface area contributed by atoms with Crippen molar-refractivity contribution in [2.75, 3.05) is 13.1 Å². The molecule has 4 aliphatic rings. The largest absolute Gasteiger partial charge is 0.481 e. The van der Waals surface area contributed by atoms with Crippen LogP contribution in [0.15, 0.2) is 24.3 Å². The van der Waals surface area contributed by atoms with Gasteiger partial charge >= 0.3 is 5.97 Å². The third-order valence-electron chi connectivity index (χ3n) is 9.09. The van der Waals surface area contributed by atoms with Crippen LogP contribution in [0.1, 0.15) is 90.2 Å². The zero-order chi connectivity index (χ0) is 27.3. The predicted octanol–water partition coefficient (Wildman–Crippen LogP) is 4.43. The van der Waals surface area contributed by atoms with Crippen molar-refractivity contribution in [2.45, 2.75) is 76.2 Å². The molecule has 9 heteroatoms. The Labute approximate surface area is 233 Å². The first-order chi connectivity index (χ1) is 18.9. The number of carboxylic acid groups (broad SMARTS) is 1. The normalized spacial score (nSPS) is 24.8. The molecule has 1 amide bonds. The van der Waals surface area contributed by atoms with Crippen LogP contribution in [0.4, 0.5) is 0 Å². The SMILES string of the molecule is NCC1CCCN1C(=O)C1CCc2c(C3=CCC(C(=O)O)CC3)nn(C(=O)c3c(Cl)cccc3C3CC3)c2C1. The molecule has 3 atom stereocenters. The number of halogens is 1. The number of likely N-dealkylation sites (tertiary alicyclic amines) is 1. The van der Waals surface area contributed by atoms with Gasteiger partial charge in [-0.1, -0.05) is 29.8 Å². The highest BCUT2D eigenvalue weighted by Gasteiger charge is 2.39. The molecule has 1 aliphatic heterocycles. The molecule has 1 aromatic carbocycles. The Morgan fingerprint density at radius 3 is 2.56 bits per heavy atom. The topological polar surface area (TPSA) is 119 Å². The molecule has 1 saturated carbocycles. The van der Waals surface area contributed by atoms with Gasteiger partial charge < -0.3 is 15.7 Å². The molecule has 2 heterocycles. The molecule has 1 saturated heterocycles. The highest BCUT2D eigenvalue weighted by molar-refractivity contribution is 6.34. The van der Waals surface area contributed by atoms with Crippen LogP contribution in [-0.2, 0) is 22.4 Å². The van der Waals surface area contributed by atoms with Crippen LogP contribution < -0.4 is 5.73 Å². The van der Waals surface area contributed by atoms with E-state index in [9.17, 15) is 19.5 Å². The van der Waals surface area contributed by atoms with Crippen molar-refractivity contribution in [3.05, 3.63) is 57.4 Å². The first kappa shape index (κ1) is 26.3. The van der Waals surface area contributed by atoms with E-state index in [1.165, 1.54) is 4.68 Å². The van der Waals surface area contributed by atoms with Crippen molar-refractivity contribution in [1.82, 2.24) is 14.7 Å². The average Bonchev–Trinajstić information content (AvgIpc) is 3.56. The molecule has 2 aromatic rings. The fourth-order valence-corrected chi connectivity index (χ4v) is 7.00. The van der Waals surface area contributed by atoms with E-state index in [1.807, 2.05) is 23.1 Å². The Kier molecular flexibility index (Phi) is 7.10. The lowest BCUT2D eigenvalue weighted by atomic mass is 9.82. The molecule has 39 heavy (non-hydrogen) atoms. The van der Waals surface area contributed by atoms with Crippen molar-refractivity contribution < 1.29 is 19.5 Å². The Hall–Kier alpha value is -2.97. The second-order valence-corrected chi connectivity index (χ2v) is 11.9. The molecule has 3 aliphatic carbocycles. The number of carbonyl (C=O) groups excluding carboxylic acids is 2. The van der Waals surface area contributed by atoms with E-state index in [2.05, 4.69) is 0 Å². The van der Waals surface area contributed by atoms with E-state index >= 15 is 0 Å². The quantitative estimate of drug-likeness (QED) is 0.549. The average molecular weight is 551 g/mol. The molecule has 0 bridgehead atoms. The summed E-state index contributed by atoms with van der Waals surface area (Å²) in [4.78, 5) is 41.2. The van der Waals surface area contributed by atoms with Gasteiger partial charge in [-0.05, 0) is 80.9 Å². The third-order valence-corrected chi connectivity index (χ3v) is 9.40. The third kappa shape index (κ3) is 4.82. The van der Waals surface area contributed by atoms with E-state index in [4.69, 9.17) is 22.4 Å². The minimum absolute atomic E-state index is 0.0831.